The van der Waals surface area contributed by atoms with Gasteiger partial charge in [0.05, 0.1) is 5.56 Å². The van der Waals surface area contributed by atoms with Gasteiger partial charge in [0.15, 0.2) is 23.3 Å². The Morgan fingerprint density at radius 1 is 0.812 bits per heavy atom. The van der Waals surface area contributed by atoms with Gasteiger partial charge in [0, 0.05) is 5.56 Å². The van der Waals surface area contributed by atoms with Crippen LogP contribution in [0.4, 0.5) is 26.3 Å². The fourth-order valence-corrected chi connectivity index (χ4v) is 4.53. The molecule has 0 aromatic heterocycles. The Balaban J connectivity index is 1.72. The average Bonchev–Trinajstić information content (AvgIpc) is 2.79. The van der Waals surface area contributed by atoms with E-state index in [1.165, 1.54) is 6.07 Å². The average molecular weight is 448 g/mol. The van der Waals surface area contributed by atoms with Gasteiger partial charge in [-0.05, 0) is 72.4 Å². The van der Waals surface area contributed by atoms with Gasteiger partial charge in [0.1, 0.15) is 11.6 Å². The van der Waals surface area contributed by atoms with Crippen molar-refractivity contribution >= 4 is 0 Å². The molecule has 0 N–H and O–H groups in total. The van der Waals surface area contributed by atoms with Crippen molar-refractivity contribution in [3.05, 3.63) is 93.6 Å². The van der Waals surface area contributed by atoms with Crippen molar-refractivity contribution in [2.75, 3.05) is 0 Å². The van der Waals surface area contributed by atoms with Gasteiger partial charge in [-0.1, -0.05) is 37.6 Å². The molecule has 0 saturated heterocycles. The van der Waals surface area contributed by atoms with Crippen LogP contribution in [0.25, 0.3) is 11.1 Å². The molecule has 32 heavy (non-hydrogen) atoms. The molecular formula is C26H22F6. The smallest absolute Gasteiger partial charge is 0.169 e. The maximum atomic E-state index is 15.2. The molecule has 168 valence electrons. The summed E-state index contributed by atoms with van der Waals surface area (Å²) in [6.07, 6.45) is 2.96. The highest BCUT2D eigenvalue weighted by Gasteiger charge is 2.32. The Bertz CT molecular complexity index is 1170. The molecule has 1 unspecified atom stereocenters. The van der Waals surface area contributed by atoms with Crippen LogP contribution in [0, 0.1) is 34.9 Å². The molecule has 0 heterocycles. The van der Waals surface area contributed by atoms with Gasteiger partial charge in [0.25, 0.3) is 0 Å². The summed E-state index contributed by atoms with van der Waals surface area (Å²) in [5.41, 5.74) is -0.573. The molecule has 0 saturated carbocycles. The highest BCUT2D eigenvalue weighted by atomic mass is 19.2. The molecule has 0 amide bonds. The molecular weight excluding hydrogens is 426 g/mol. The van der Waals surface area contributed by atoms with Crippen molar-refractivity contribution in [1.29, 1.82) is 0 Å². The van der Waals surface area contributed by atoms with E-state index in [1.54, 1.807) is 6.07 Å². The SMILES string of the molecule is CCCCc1ccc(C2CCc3c(F)c(-c4cccc(F)c4F)c(F)c(F)c3C2)c(F)c1. The second-order valence-electron chi connectivity index (χ2n) is 8.27. The molecule has 3 aromatic rings. The molecule has 1 aliphatic rings. The lowest BCUT2D eigenvalue weighted by molar-refractivity contribution is 0.451. The van der Waals surface area contributed by atoms with Crippen molar-refractivity contribution in [2.24, 2.45) is 0 Å². The predicted octanol–water partition coefficient (Wildman–Crippen LogP) is 7.80. The van der Waals surface area contributed by atoms with Gasteiger partial charge in [-0.3, -0.25) is 0 Å². The van der Waals surface area contributed by atoms with Crippen molar-refractivity contribution in [1.82, 2.24) is 0 Å². The van der Waals surface area contributed by atoms with Gasteiger partial charge in [-0.2, -0.15) is 0 Å². The topological polar surface area (TPSA) is 0 Å². The quantitative estimate of drug-likeness (QED) is 0.276. The summed E-state index contributed by atoms with van der Waals surface area (Å²) in [6, 6.07) is 7.89. The van der Waals surface area contributed by atoms with Gasteiger partial charge in [-0.15, -0.1) is 0 Å². The lowest BCUT2D eigenvalue weighted by Gasteiger charge is -2.27. The van der Waals surface area contributed by atoms with E-state index in [0.717, 1.165) is 43.0 Å². The van der Waals surface area contributed by atoms with Crippen molar-refractivity contribution in [3.63, 3.8) is 0 Å². The maximum absolute atomic E-state index is 15.2. The Morgan fingerprint density at radius 2 is 1.59 bits per heavy atom. The summed E-state index contributed by atoms with van der Waals surface area (Å²) in [6.45, 7) is 2.05. The number of benzene rings is 3. The van der Waals surface area contributed by atoms with E-state index < -0.39 is 51.9 Å². The maximum Gasteiger partial charge on any atom is 0.169 e. The van der Waals surface area contributed by atoms with Gasteiger partial charge < -0.3 is 0 Å². The number of rotatable bonds is 5. The molecule has 1 atom stereocenters. The summed E-state index contributed by atoms with van der Waals surface area (Å²) >= 11 is 0. The van der Waals surface area contributed by atoms with Crippen LogP contribution in [0.15, 0.2) is 36.4 Å². The third kappa shape index (κ3) is 3.91. The minimum atomic E-state index is -1.57. The first-order valence-corrected chi connectivity index (χ1v) is 10.7. The summed E-state index contributed by atoms with van der Waals surface area (Å²) in [7, 11) is 0. The zero-order valence-electron chi connectivity index (χ0n) is 17.6. The van der Waals surface area contributed by atoms with Crippen LogP contribution >= 0.6 is 0 Å². The van der Waals surface area contributed by atoms with Gasteiger partial charge in [0.2, 0.25) is 0 Å². The summed E-state index contributed by atoms with van der Waals surface area (Å²) < 4.78 is 87.6. The minimum Gasteiger partial charge on any atom is -0.207 e. The number of unbranched alkanes of at least 4 members (excludes halogenated alkanes) is 1. The van der Waals surface area contributed by atoms with Crippen LogP contribution in [0.3, 0.4) is 0 Å². The molecule has 0 spiro atoms. The van der Waals surface area contributed by atoms with Gasteiger partial charge in [-0.25, -0.2) is 26.3 Å². The molecule has 4 rings (SSSR count). The molecule has 0 nitrogen and oxygen atoms in total. The second-order valence-corrected chi connectivity index (χ2v) is 8.27. The Hall–Kier alpha value is -2.76. The summed E-state index contributed by atoms with van der Waals surface area (Å²) in [5.74, 6) is -7.54. The van der Waals surface area contributed by atoms with E-state index in [-0.39, 0.29) is 24.0 Å². The zero-order chi connectivity index (χ0) is 23.0. The summed E-state index contributed by atoms with van der Waals surface area (Å²) in [5, 5.41) is 0. The summed E-state index contributed by atoms with van der Waals surface area (Å²) in [4.78, 5) is 0. The van der Waals surface area contributed by atoms with Crippen LogP contribution in [0.2, 0.25) is 0 Å². The molecule has 0 bridgehead atoms. The Labute approximate surface area is 182 Å². The number of fused-ring (bicyclic) bond motifs is 1. The molecule has 3 aromatic carbocycles. The third-order valence-electron chi connectivity index (χ3n) is 6.26. The third-order valence-corrected chi connectivity index (χ3v) is 6.26. The largest absolute Gasteiger partial charge is 0.207 e. The monoisotopic (exact) mass is 448 g/mol. The number of halogens is 6. The normalized spacial score (nSPS) is 15.7. The fourth-order valence-electron chi connectivity index (χ4n) is 4.53. The molecule has 0 aliphatic heterocycles. The van der Waals surface area contributed by atoms with Crippen molar-refractivity contribution < 1.29 is 26.3 Å². The Morgan fingerprint density at radius 3 is 2.31 bits per heavy atom. The highest BCUT2D eigenvalue weighted by molar-refractivity contribution is 5.68. The van der Waals surface area contributed by atoms with Crippen molar-refractivity contribution in [2.45, 2.75) is 51.4 Å². The lowest BCUT2D eigenvalue weighted by atomic mass is 9.78. The van der Waals surface area contributed by atoms with Gasteiger partial charge >= 0.3 is 0 Å². The molecule has 0 fully saturated rings. The van der Waals surface area contributed by atoms with Crippen LogP contribution in [0.5, 0.6) is 0 Å². The van der Waals surface area contributed by atoms with Crippen LogP contribution in [-0.2, 0) is 19.3 Å². The van der Waals surface area contributed by atoms with E-state index in [4.69, 9.17) is 0 Å². The highest BCUT2D eigenvalue weighted by Crippen LogP contribution is 2.41. The van der Waals surface area contributed by atoms with E-state index in [0.29, 0.717) is 12.0 Å². The second kappa shape index (κ2) is 9.00. The van der Waals surface area contributed by atoms with E-state index in [1.807, 2.05) is 13.0 Å². The number of hydrogen-bond donors (Lipinski definition) is 0. The fraction of sp³-hybridized carbons (Fsp3) is 0.308. The van der Waals surface area contributed by atoms with E-state index >= 15 is 4.39 Å². The van der Waals surface area contributed by atoms with Crippen LogP contribution < -0.4 is 0 Å². The minimum absolute atomic E-state index is 0.0317. The molecule has 0 radical (unpaired) electrons. The molecule has 1 aliphatic carbocycles. The number of hydrogen-bond acceptors (Lipinski definition) is 0. The first-order valence-electron chi connectivity index (χ1n) is 10.7. The number of aryl methyl sites for hydroxylation is 1. The lowest BCUT2D eigenvalue weighted by Crippen LogP contribution is -2.19. The van der Waals surface area contributed by atoms with Crippen LogP contribution in [0.1, 0.15) is 54.4 Å². The first kappa shape index (κ1) is 22.4. The Kier molecular flexibility index (Phi) is 6.31. The first-order chi connectivity index (χ1) is 15.3. The zero-order valence-corrected chi connectivity index (χ0v) is 17.6. The predicted molar refractivity (Wildman–Crippen MR) is 111 cm³/mol. The van der Waals surface area contributed by atoms with E-state index in [2.05, 4.69) is 0 Å². The van der Waals surface area contributed by atoms with Crippen LogP contribution in [-0.4, -0.2) is 0 Å². The van der Waals surface area contributed by atoms with Crippen molar-refractivity contribution in [3.8, 4) is 11.1 Å². The standard InChI is InChI=1S/C26H22F6/c1-2-3-5-14-8-10-16(21(28)12-14)15-9-11-17-19(13-15)25(31)26(32)22(24(17)30)18-6-4-7-20(27)23(18)29/h4,6-8,10,12,15H,2-3,5,9,11,13H2,1H3. The van der Waals surface area contributed by atoms with E-state index in [9.17, 15) is 22.0 Å². The molecule has 6 heteroatoms.